The molecule has 0 heterocycles. The van der Waals surface area contributed by atoms with Gasteiger partial charge in [0.25, 0.3) is 5.91 Å². The van der Waals surface area contributed by atoms with E-state index >= 15 is 0 Å². The van der Waals surface area contributed by atoms with E-state index < -0.39 is 0 Å². The summed E-state index contributed by atoms with van der Waals surface area (Å²) in [6.07, 6.45) is 0. The summed E-state index contributed by atoms with van der Waals surface area (Å²) in [6.45, 7) is 7.96. The molecule has 1 aromatic carbocycles. The van der Waals surface area contributed by atoms with Crippen LogP contribution in [0.5, 0.6) is 5.75 Å². The molecule has 1 amide bonds. The van der Waals surface area contributed by atoms with Crippen molar-refractivity contribution in [3.8, 4) is 5.75 Å². The minimum absolute atomic E-state index is 0.00848. The lowest BCUT2D eigenvalue weighted by Gasteiger charge is -2.17. The Morgan fingerprint density at radius 3 is 2.65 bits per heavy atom. The second-order valence-corrected chi connectivity index (χ2v) is 5.38. The van der Waals surface area contributed by atoms with E-state index in [0.29, 0.717) is 12.5 Å². The number of ether oxygens (including phenoxy) is 1. The molecule has 0 bridgehead atoms. The Morgan fingerprint density at radius 1 is 1.40 bits per heavy atom. The number of nitrogens with one attached hydrogen (secondary N) is 1. The molecule has 0 atom stereocenters. The first-order valence-electron chi connectivity index (χ1n) is 7.07. The molecule has 0 saturated carbocycles. The summed E-state index contributed by atoms with van der Waals surface area (Å²) in [7, 11) is 3.66. The van der Waals surface area contributed by atoms with Crippen molar-refractivity contribution in [2.75, 3.05) is 33.8 Å². The fraction of sp³-hybridized carbons (Fsp3) is 0.562. The predicted molar refractivity (Wildman–Crippen MR) is 82.3 cm³/mol. The van der Waals surface area contributed by atoms with Crippen LogP contribution in [-0.4, -0.2) is 44.6 Å². The van der Waals surface area contributed by atoms with Crippen LogP contribution in [0.1, 0.15) is 30.9 Å². The molecule has 0 unspecified atom stereocenters. The van der Waals surface area contributed by atoms with Gasteiger partial charge in [0.05, 0.1) is 0 Å². The van der Waals surface area contributed by atoms with Gasteiger partial charge in [0, 0.05) is 20.1 Å². The summed E-state index contributed by atoms with van der Waals surface area (Å²) in [5, 5.41) is 3.02. The molecule has 0 fully saturated rings. The number of hydrogen-bond donors (Lipinski definition) is 1. The monoisotopic (exact) mass is 278 g/mol. The SMILES string of the molecule is CNCCN(C)C(=O)COc1ccc(C(C)C)c(C)c1. The topological polar surface area (TPSA) is 41.6 Å². The van der Waals surface area contributed by atoms with Crippen molar-refractivity contribution in [1.29, 1.82) is 0 Å². The van der Waals surface area contributed by atoms with Gasteiger partial charge in [0.1, 0.15) is 5.75 Å². The summed E-state index contributed by atoms with van der Waals surface area (Å²) < 4.78 is 5.57. The van der Waals surface area contributed by atoms with Gasteiger partial charge in [-0.2, -0.15) is 0 Å². The van der Waals surface area contributed by atoms with Gasteiger partial charge < -0.3 is 15.0 Å². The molecule has 0 radical (unpaired) electrons. The van der Waals surface area contributed by atoms with Crippen LogP contribution in [0.4, 0.5) is 0 Å². The molecule has 1 N–H and O–H groups in total. The zero-order chi connectivity index (χ0) is 15.1. The maximum atomic E-state index is 11.9. The smallest absolute Gasteiger partial charge is 0.260 e. The van der Waals surface area contributed by atoms with Gasteiger partial charge in [0.15, 0.2) is 6.61 Å². The summed E-state index contributed by atoms with van der Waals surface area (Å²) in [6, 6.07) is 6.00. The van der Waals surface area contributed by atoms with E-state index in [1.54, 1.807) is 11.9 Å². The maximum Gasteiger partial charge on any atom is 0.260 e. The molecule has 0 saturated heterocycles. The first-order valence-corrected chi connectivity index (χ1v) is 7.07. The van der Waals surface area contributed by atoms with Crippen LogP contribution >= 0.6 is 0 Å². The lowest BCUT2D eigenvalue weighted by Crippen LogP contribution is -2.35. The lowest BCUT2D eigenvalue weighted by molar-refractivity contribution is -0.131. The van der Waals surface area contributed by atoms with Crippen LogP contribution in [0.25, 0.3) is 0 Å². The normalized spacial score (nSPS) is 10.7. The average Bonchev–Trinajstić information content (AvgIpc) is 2.41. The number of hydrogen-bond acceptors (Lipinski definition) is 3. The third kappa shape index (κ3) is 4.85. The number of rotatable bonds is 7. The standard InChI is InChI=1S/C16H26N2O2/c1-12(2)15-7-6-14(10-13(15)3)20-11-16(19)18(5)9-8-17-4/h6-7,10,12,17H,8-9,11H2,1-5H3. The van der Waals surface area contributed by atoms with Crippen LogP contribution in [0, 0.1) is 6.92 Å². The van der Waals surface area contributed by atoms with Gasteiger partial charge in [0.2, 0.25) is 0 Å². The zero-order valence-corrected chi connectivity index (χ0v) is 13.2. The molecule has 112 valence electrons. The second kappa shape index (κ2) is 7.90. The van der Waals surface area contributed by atoms with Crippen LogP contribution < -0.4 is 10.1 Å². The molecule has 1 aromatic rings. The van der Waals surface area contributed by atoms with Gasteiger partial charge >= 0.3 is 0 Å². The quantitative estimate of drug-likeness (QED) is 0.831. The van der Waals surface area contributed by atoms with E-state index in [1.165, 1.54) is 11.1 Å². The highest BCUT2D eigenvalue weighted by Crippen LogP contribution is 2.23. The van der Waals surface area contributed by atoms with Gasteiger partial charge in [-0.1, -0.05) is 19.9 Å². The van der Waals surface area contributed by atoms with Gasteiger partial charge in [-0.25, -0.2) is 0 Å². The number of benzene rings is 1. The maximum absolute atomic E-state index is 11.9. The average molecular weight is 278 g/mol. The zero-order valence-electron chi connectivity index (χ0n) is 13.2. The lowest BCUT2D eigenvalue weighted by atomic mass is 9.98. The van der Waals surface area contributed by atoms with Gasteiger partial charge in [-0.05, 0) is 43.1 Å². The van der Waals surface area contributed by atoms with Crippen molar-refractivity contribution < 1.29 is 9.53 Å². The molecular formula is C16H26N2O2. The number of carbonyl (C=O) groups is 1. The Morgan fingerprint density at radius 2 is 2.10 bits per heavy atom. The van der Waals surface area contributed by atoms with Crippen molar-refractivity contribution in [1.82, 2.24) is 10.2 Å². The largest absolute Gasteiger partial charge is 0.484 e. The second-order valence-electron chi connectivity index (χ2n) is 5.38. The van der Waals surface area contributed by atoms with E-state index in [-0.39, 0.29) is 12.5 Å². The van der Waals surface area contributed by atoms with E-state index in [4.69, 9.17) is 4.74 Å². The minimum atomic E-state index is -0.00848. The van der Waals surface area contributed by atoms with Crippen molar-refractivity contribution in [2.24, 2.45) is 0 Å². The third-order valence-corrected chi connectivity index (χ3v) is 3.35. The molecule has 1 rings (SSSR count). The van der Waals surface area contributed by atoms with Crippen LogP contribution in [0.3, 0.4) is 0 Å². The highest BCUT2D eigenvalue weighted by molar-refractivity contribution is 5.77. The molecular weight excluding hydrogens is 252 g/mol. The van der Waals surface area contributed by atoms with Gasteiger partial charge in [-0.3, -0.25) is 4.79 Å². The van der Waals surface area contributed by atoms with Crippen LogP contribution in [-0.2, 0) is 4.79 Å². The fourth-order valence-corrected chi connectivity index (χ4v) is 2.05. The summed E-state index contributed by atoms with van der Waals surface area (Å²) in [4.78, 5) is 13.5. The third-order valence-electron chi connectivity index (χ3n) is 3.35. The van der Waals surface area contributed by atoms with E-state index in [9.17, 15) is 4.79 Å². The Balaban J connectivity index is 2.53. The Hall–Kier alpha value is -1.55. The Kier molecular flexibility index (Phi) is 6.52. The van der Waals surface area contributed by atoms with E-state index in [0.717, 1.165) is 12.3 Å². The number of aryl methyl sites for hydroxylation is 1. The highest BCUT2D eigenvalue weighted by atomic mass is 16.5. The summed E-state index contributed by atoms with van der Waals surface area (Å²) in [5.74, 6) is 1.24. The van der Waals surface area contributed by atoms with Crippen LogP contribution in [0.2, 0.25) is 0 Å². The predicted octanol–water partition coefficient (Wildman–Crippen LogP) is 2.18. The van der Waals surface area contributed by atoms with Crippen molar-refractivity contribution >= 4 is 5.91 Å². The van der Waals surface area contributed by atoms with E-state index in [1.807, 2.05) is 19.2 Å². The molecule has 0 aromatic heterocycles. The van der Waals surface area contributed by atoms with E-state index in [2.05, 4.69) is 32.2 Å². The molecule has 0 aliphatic carbocycles. The summed E-state index contributed by atoms with van der Waals surface area (Å²) >= 11 is 0. The molecule has 4 nitrogen and oxygen atoms in total. The number of amides is 1. The first kappa shape index (κ1) is 16.5. The van der Waals surface area contributed by atoms with Crippen molar-refractivity contribution in [3.05, 3.63) is 29.3 Å². The molecule has 0 aliphatic rings. The minimum Gasteiger partial charge on any atom is -0.484 e. The number of nitrogens with zero attached hydrogens (tertiary/aromatic N) is 1. The molecule has 4 heteroatoms. The fourth-order valence-electron chi connectivity index (χ4n) is 2.05. The number of carbonyl (C=O) groups excluding carboxylic acids is 1. The Bertz CT molecular complexity index is 444. The summed E-state index contributed by atoms with van der Waals surface area (Å²) in [5.41, 5.74) is 2.52. The Labute approximate surface area is 122 Å². The first-order chi connectivity index (χ1) is 9.45. The van der Waals surface area contributed by atoms with Crippen molar-refractivity contribution in [3.63, 3.8) is 0 Å². The highest BCUT2D eigenvalue weighted by Gasteiger charge is 2.10. The molecule has 20 heavy (non-hydrogen) atoms. The van der Waals surface area contributed by atoms with Crippen LogP contribution in [0.15, 0.2) is 18.2 Å². The molecule has 0 aliphatic heterocycles. The number of likely N-dealkylation sites (N-methyl/N-ethyl adjacent to an activating group) is 2. The van der Waals surface area contributed by atoms with Crippen molar-refractivity contribution in [2.45, 2.75) is 26.7 Å². The van der Waals surface area contributed by atoms with Gasteiger partial charge in [-0.15, -0.1) is 0 Å². The molecule has 0 spiro atoms.